The van der Waals surface area contributed by atoms with Crippen molar-refractivity contribution >= 4 is 11.8 Å². The number of hydrogen-bond donors (Lipinski definition) is 0. The van der Waals surface area contributed by atoms with Crippen molar-refractivity contribution < 1.29 is 9.53 Å². The molecule has 24 heavy (non-hydrogen) atoms. The van der Waals surface area contributed by atoms with Gasteiger partial charge in [0.1, 0.15) is 12.8 Å². The Morgan fingerprint density at radius 1 is 1.17 bits per heavy atom. The summed E-state index contributed by atoms with van der Waals surface area (Å²) in [5.74, 6) is 0. The molecule has 4 nitrogen and oxygen atoms in total. The van der Waals surface area contributed by atoms with Gasteiger partial charge in [-0.3, -0.25) is 4.90 Å². The topological polar surface area (TPSA) is 32.8 Å². The first kappa shape index (κ1) is 15.1. The third-order valence-corrected chi connectivity index (χ3v) is 5.44. The molecule has 0 radical (unpaired) electrons. The van der Waals surface area contributed by atoms with Crippen LogP contribution in [0.1, 0.15) is 24.5 Å². The number of likely N-dealkylation sites (N-methyl/N-ethyl adjacent to an activating group) is 1. The summed E-state index contributed by atoms with van der Waals surface area (Å²) in [5.41, 5.74) is 3.52. The molecule has 2 aliphatic rings. The molecule has 1 fully saturated rings. The third-order valence-electron chi connectivity index (χ3n) is 5.44. The number of nitrogens with zero attached hydrogens (tertiary/aromatic N) is 2. The van der Waals surface area contributed by atoms with Gasteiger partial charge in [0.05, 0.1) is 0 Å². The van der Waals surface area contributed by atoms with Crippen LogP contribution in [-0.2, 0) is 16.8 Å². The fraction of sp³-hybridized carbons (Fsp3) is 0.350. The quantitative estimate of drug-likeness (QED) is 0.844. The zero-order valence-corrected chi connectivity index (χ0v) is 14.1. The van der Waals surface area contributed by atoms with E-state index in [1.807, 2.05) is 35.2 Å². The fourth-order valence-electron chi connectivity index (χ4n) is 4.25. The number of benzene rings is 2. The lowest BCUT2D eigenvalue weighted by Gasteiger charge is -2.34. The number of carbonyl (C=O) groups is 1. The minimum atomic E-state index is -0.229. The molecule has 0 spiro atoms. The third kappa shape index (κ3) is 2.17. The Kier molecular flexibility index (Phi) is 3.48. The van der Waals surface area contributed by atoms with Crippen LogP contribution in [0.5, 0.6) is 0 Å². The maximum atomic E-state index is 12.7. The highest BCUT2D eigenvalue weighted by molar-refractivity contribution is 5.73. The lowest BCUT2D eigenvalue weighted by atomic mass is 9.81. The van der Waals surface area contributed by atoms with Gasteiger partial charge >= 0.3 is 6.09 Å². The van der Waals surface area contributed by atoms with E-state index in [1.165, 1.54) is 11.3 Å². The van der Waals surface area contributed by atoms with Crippen molar-refractivity contribution in [2.24, 2.45) is 0 Å². The lowest BCUT2D eigenvalue weighted by Crippen LogP contribution is -2.49. The van der Waals surface area contributed by atoms with Gasteiger partial charge in [-0.15, -0.1) is 0 Å². The van der Waals surface area contributed by atoms with E-state index in [4.69, 9.17) is 4.74 Å². The molecule has 124 valence electrons. The second-order valence-electron chi connectivity index (χ2n) is 6.90. The maximum absolute atomic E-state index is 12.7. The monoisotopic (exact) mass is 322 g/mol. The van der Waals surface area contributed by atoms with E-state index in [9.17, 15) is 4.79 Å². The van der Waals surface area contributed by atoms with Crippen molar-refractivity contribution in [2.75, 3.05) is 18.5 Å². The Balaban J connectivity index is 1.53. The molecule has 0 N–H and O–H groups in total. The van der Waals surface area contributed by atoms with Gasteiger partial charge < -0.3 is 9.64 Å². The zero-order valence-electron chi connectivity index (χ0n) is 14.1. The van der Waals surface area contributed by atoms with Gasteiger partial charge in [0.25, 0.3) is 0 Å². The standard InChI is InChI=1S/C20H22N2O2/c1-20-12-13-22(19(23)24-14-15-8-4-3-5-9-15)18(20)21(2)17-11-7-6-10-16(17)20/h3-11,18H,12-14H2,1-2H3/t18-,20-/m0/s1. The molecule has 1 saturated heterocycles. The summed E-state index contributed by atoms with van der Waals surface area (Å²) in [6.45, 7) is 3.30. The first-order valence-electron chi connectivity index (χ1n) is 8.41. The van der Waals surface area contributed by atoms with Crippen LogP contribution in [-0.4, -0.2) is 30.8 Å². The first-order chi connectivity index (χ1) is 11.6. The number of anilines is 1. The van der Waals surface area contributed by atoms with E-state index in [0.717, 1.165) is 18.5 Å². The molecule has 4 rings (SSSR count). The van der Waals surface area contributed by atoms with Crippen LogP contribution in [0, 0.1) is 0 Å². The Labute approximate surface area is 142 Å². The number of para-hydroxylation sites is 1. The van der Waals surface area contributed by atoms with Crippen molar-refractivity contribution in [1.82, 2.24) is 4.90 Å². The summed E-state index contributed by atoms with van der Waals surface area (Å²) in [6, 6.07) is 18.3. The number of rotatable bonds is 2. The molecule has 2 aromatic carbocycles. The molecule has 2 aliphatic heterocycles. The molecule has 0 saturated carbocycles. The average molecular weight is 322 g/mol. The molecular weight excluding hydrogens is 300 g/mol. The number of carbonyl (C=O) groups excluding carboxylic acids is 1. The smallest absolute Gasteiger partial charge is 0.411 e. The maximum Gasteiger partial charge on any atom is 0.411 e. The number of fused-ring (bicyclic) bond motifs is 3. The van der Waals surface area contributed by atoms with Gasteiger partial charge in [0.15, 0.2) is 0 Å². The highest BCUT2D eigenvalue weighted by atomic mass is 16.6. The number of hydrogen-bond acceptors (Lipinski definition) is 3. The highest BCUT2D eigenvalue weighted by Gasteiger charge is 2.55. The molecule has 0 aliphatic carbocycles. The SMILES string of the molecule is CN1c2ccccc2[C@]2(C)CCN(C(=O)OCc3ccccc3)[C@H]12. The van der Waals surface area contributed by atoms with E-state index < -0.39 is 0 Å². The van der Waals surface area contributed by atoms with Crippen LogP contribution in [0.25, 0.3) is 0 Å². The predicted octanol–water partition coefficient (Wildman–Crippen LogP) is 3.76. The van der Waals surface area contributed by atoms with Crippen molar-refractivity contribution in [3.8, 4) is 0 Å². The number of amides is 1. The van der Waals surface area contributed by atoms with Gasteiger partial charge in [-0.2, -0.15) is 0 Å². The summed E-state index contributed by atoms with van der Waals surface area (Å²) in [7, 11) is 2.07. The van der Waals surface area contributed by atoms with Crippen molar-refractivity contribution in [3.05, 3.63) is 65.7 Å². The van der Waals surface area contributed by atoms with E-state index in [1.54, 1.807) is 0 Å². The van der Waals surface area contributed by atoms with Crippen LogP contribution in [0.2, 0.25) is 0 Å². The molecule has 0 unspecified atom stereocenters. The first-order valence-corrected chi connectivity index (χ1v) is 8.41. The lowest BCUT2D eigenvalue weighted by molar-refractivity contribution is 0.0884. The summed E-state index contributed by atoms with van der Waals surface area (Å²) >= 11 is 0. The minimum absolute atomic E-state index is 0.0261. The van der Waals surface area contributed by atoms with Crippen LogP contribution in [0.15, 0.2) is 54.6 Å². The van der Waals surface area contributed by atoms with Gasteiger partial charge in [-0.1, -0.05) is 55.5 Å². The molecule has 4 heteroatoms. The summed E-state index contributed by atoms with van der Waals surface area (Å²) in [6.07, 6.45) is 0.754. The Hall–Kier alpha value is -2.49. The molecule has 2 heterocycles. The van der Waals surface area contributed by atoms with Crippen molar-refractivity contribution in [2.45, 2.75) is 31.5 Å². The summed E-state index contributed by atoms with van der Waals surface area (Å²) in [4.78, 5) is 16.8. The molecule has 0 bridgehead atoms. The van der Waals surface area contributed by atoms with Crippen LogP contribution in [0.4, 0.5) is 10.5 Å². The van der Waals surface area contributed by atoms with Crippen LogP contribution < -0.4 is 4.90 Å². The Bertz CT molecular complexity index is 761. The van der Waals surface area contributed by atoms with E-state index in [2.05, 4.69) is 43.1 Å². The van der Waals surface area contributed by atoms with Gasteiger partial charge in [0, 0.05) is 24.7 Å². The molecule has 1 amide bonds. The molecular formula is C20H22N2O2. The minimum Gasteiger partial charge on any atom is -0.444 e. The molecule has 2 aromatic rings. The molecule has 0 aromatic heterocycles. The Morgan fingerprint density at radius 3 is 2.67 bits per heavy atom. The van der Waals surface area contributed by atoms with Gasteiger partial charge in [-0.25, -0.2) is 4.79 Å². The second-order valence-corrected chi connectivity index (χ2v) is 6.90. The largest absolute Gasteiger partial charge is 0.444 e. The van der Waals surface area contributed by atoms with Crippen LogP contribution in [0.3, 0.4) is 0 Å². The fourth-order valence-corrected chi connectivity index (χ4v) is 4.25. The number of likely N-dealkylation sites (tertiary alicyclic amines) is 1. The molecule has 2 atom stereocenters. The number of ether oxygens (including phenoxy) is 1. The van der Waals surface area contributed by atoms with Crippen molar-refractivity contribution in [1.29, 1.82) is 0 Å². The van der Waals surface area contributed by atoms with E-state index in [-0.39, 0.29) is 17.7 Å². The van der Waals surface area contributed by atoms with Crippen molar-refractivity contribution in [3.63, 3.8) is 0 Å². The summed E-state index contributed by atoms with van der Waals surface area (Å²) < 4.78 is 5.57. The average Bonchev–Trinajstić information content (AvgIpc) is 3.08. The van der Waals surface area contributed by atoms with E-state index in [0.29, 0.717) is 6.61 Å². The second kappa shape index (κ2) is 5.55. The van der Waals surface area contributed by atoms with Gasteiger partial charge in [0.2, 0.25) is 0 Å². The van der Waals surface area contributed by atoms with Crippen LogP contribution >= 0.6 is 0 Å². The predicted molar refractivity (Wildman–Crippen MR) is 93.9 cm³/mol. The summed E-state index contributed by atoms with van der Waals surface area (Å²) in [5, 5.41) is 0. The van der Waals surface area contributed by atoms with E-state index >= 15 is 0 Å². The zero-order chi connectivity index (χ0) is 16.7. The normalized spacial score (nSPS) is 24.7. The van der Waals surface area contributed by atoms with Gasteiger partial charge in [-0.05, 0) is 23.6 Å². The highest BCUT2D eigenvalue weighted by Crippen LogP contribution is 2.51. The Morgan fingerprint density at radius 2 is 1.88 bits per heavy atom.